The van der Waals surface area contributed by atoms with Crippen molar-refractivity contribution in [3.63, 3.8) is 0 Å². The van der Waals surface area contributed by atoms with E-state index in [2.05, 4.69) is 0 Å². The summed E-state index contributed by atoms with van der Waals surface area (Å²) >= 11 is 11.3. The molecule has 8 heavy (non-hydrogen) atoms. The van der Waals surface area contributed by atoms with Crippen LogP contribution in [0.2, 0.25) is 0 Å². The highest BCUT2D eigenvalue weighted by molar-refractivity contribution is 6.48. The number of rotatable bonds is 3. The fraction of sp³-hybridized carbons (Fsp3) is 1.00. The molecular formula is C5H10Cl2O. The highest BCUT2D eigenvalue weighted by atomic mass is 35.5. The van der Waals surface area contributed by atoms with E-state index in [0.29, 0.717) is 12.8 Å². The third-order valence-electron chi connectivity index (χ3n) is 0.995. The fourth-order valence-corrected chi connectivity index (χ4v) is 0.509. The predicted octanol–water partition coefficient (Wildman–Crippen LogP) is 1.95. The molecule has 0 bridgehead atoms. The topological polar surface area (TPSA) is 20.2 Å². The standard InChI is InChI=1S/C5H10Cl2O/c1-2-5(6,7)3-4-8/h8H,2-4H2,1H3. The average molecular weight is 157 g/mol. The van der Waals surface area contributed by atoms with Crippen molar-refractivity contribution in [3.05, 3.63) is 0 Å². The van der Waals surface area contributed by atoms with Crippen LogP contribution in [0.1, 0.15) is 19.8 Å². The maximum absolute atomic E-state index is 8.36. The number of aliphatic hydroxyl groups is 1. The molecule has 0 heterocycles. The lowest BCUT2D eigenvalue weighted by atomic mass is 10.2. The van der Waals surface area contributed by atoms with Crippen LogP contribution in [0.5, 0.6) is 0 Å². The molecule has 0 atom stereocenters. The summed E-state index contributed by atoms with van der Waals surface area (Å²) in [6.07, 6.45) is 1.13. The number of hydrogen-bond donors (Lipinski definition) is 1. The molecular weight excluding hydrogens is 147 g/mol. The van der Waals surface area contributed by atoms with E-state index in [-0.39, 0.29) is 6.61 Å². The van der Waals surface area contributed by atoms with E-state index >= 15 is 0 Å². The van der Waals surface area contributed by atoms with E-state index in [1.54, 1.807) is 0 Å². The Morgan fingerprint density at radius 2 is 2.00 bits per heavy atom. The third kappa shape index (κ3) is 3.53. The van der Waals surface area contributed by atoms with Crippen molar-refractivity contribution in [1.29, 1.82) is 0 Å². The van der Waals surface area contributed by atoms with Crippen molar-refractivity contribution in [2.45, 2.75) is 24.1 Å². The zero-order valence-electron chi connectivity index (χ0n) is 4.82. The lowest BCUT2D eigenvalue weighted by molar-refractivity contribution is 0.280. The largest absolute Gasteiger partial charge is 0.396 e. The van der Waals surface area contributed by atoms with Gasteiger partial charge in [0.1, 0.15) is 4.33 Å². The van der Waals surface area contributed by atoms with E-state index in [9.17, 15) is 0 Å². The van der Waals surface area contributed by atoms with Crippen LogP contribution in [-0.4, -0.2) is 16.0 Å². The maximum atomic E-state index is 8.36. The molecule has 1 N–H and O–H groups in total. The maximum Gasteiger partial charge on any atom is 0.120 e. The summed E-state index contributed by atoms with van der Waals surface area (Å²) in [5, 5.41) is 8.36. The minimum Gasteiger partial charge on any atom is -0.396 e. The highest BCUT2D eigenvalue weighted by Crippen LogP contribution is 2.27. The van der Waals surface area contributed by atoms with Gasteiger partial charge in [0.15, 0.2) is 0 Å². The number of alkyl halides is 2. The minimum absolute atomic E-state index is 0.0564. The Bertz CT molecular complexity index is 63.4. The van der Waals surface area contributed by atoms with Crippen molar-refractivity contribution in [3.8, 4) is 0 Å². The first kappa shape index (κ1) is 8.54. The second-order valence-electron chi connectivity index (χ2n) is 1.68. The quantitative estimate of drug-likeness (QED) is 0.620. The molecule has 0 aromatic heterocycles. The van der Waals surface area contributed by atoms with E-state index < -0.39 is 4.33 Å². The van der Waals surface area contributed by atoms with E-state index in [0.717, 1.165) is 0 Å². The van der Waals surface area contributed by atoms with E-state index in [4.69, 9.17) is 28.3 Å². The Balaban J connectivity index is 3.37. The monoisotopic (exact) mass is 156 g/mol. The van der Waals surface area contributed by atoms with Crippen molar-refractivity contribution in [2.75, 3.05) is 6.61 Å². The molecule has 0 aromatic rings. The molecule has 50 valence electrons. The summed E-state index contributed by atoms with van der Waals surface area (Å²) in [7, 11) is 0. The molecule has 0 rings (SSSR count). The Morgan fingerprint density at radius 1 is 1.50 bits per heavy atom. The second kappa shape index (κ2) is 3.54. The van der Waals surface area contributed by atoms with Crippen LogP contribution in [0, 0.1) is 0 Å². The molecule has 0 fully saturated rings. The first-order valence-corrected chi connectivity index (χ1v) is 3.36. The van der Waals surface area contributed by atoms with Gasteiger partial charge in [0.05, 0.1) is 0 Å². The molecule has 0 saturated carbocycles. The smallest absolute Gasteiger partial charge is 0.120 e. The minimum atomic E-state index is -0.714. The molecule has 0 aliphatic heterocycles. The molecule has 0 saturated heterocycles. The van der Waals surface area contributed by atoms with Gasteiger partial charge in [-0.2, -0.15) is 0 Å². The Hall–Kier alpha value is 0.540. The van der Waals surface area contributed by atoms with Crippen molar-refractivity contribution in [2.24, 2.45) is 0 Å². The van der Waals surface area contributed by atoms with Crippen LogP contribution in [0.3, 0.4) is 0 Å². The average Bonchev–Trinajstić information content (AvgIpc) is 1.67. The molecule has 0 radical (unpaired) electrons. The van der Waals surface area contributed by atoms with Crippen LogP contribution in [0.4, 0.5) is 0 Å². The summed E-state index contributed by atoms with van der Waals surface area (Å²) in [6.45, 7) is 1.94. The Kier molecular flexibility index (Phi) is 3.78. The lowest BCUT2D eigenvalue weighted by Gasteiger charge is -2.13. The summed E-state index contributed by atoms with van der Waals surface area (Å²) in [6, 6.07) is 0. The van der Waals surface area contributed by atoms with Crippen molar-refractivity contribution in [1.82, 2.24) is 0 Å². The van der Waals surface area contributed by atoms with Gasteiger partial charge in [-0.25, -0.2) is 0 Å². The number of hydrogen-bond acceptors (Lipinski definition) is 1. The fourth-order valence-electron chi connectivity index (χ4n) is 0.340. The summed E-state index contributed by atoms with van der Waals surface area (Å²) in [4.78, 5) is 0. The molecule has 3 heteroatoms. The first-order valence-electron chi connectivity index (χ1n) is 2.61. The van der Waals surface area contributed by atoms with Crippen LogP contribution in [0.15, 0.2) is 0 Å². The highest BCUT2D eigenvalue weighted by Gasteiger charge is 2.19. The third-order valence-corrected chi connectivity index (χ3v) is 1.91. The molecule has 0 spiro atoms. The van der Waals surface area contributed by atoms with Gasteiger partial charge < -0.3 is 5.11 Å². The van der Waals surface area contributed by atoms with Crippen LogP contribution < -0.4 is 0 Å². The van der Waals surface area contributed by atoms with Crippen molar-refractivity contribution < 1.29 is 5.11 Å². The Labute approximate surface area is 59.6 Å². The Morgan fingerprint density at radius 3 is 2.12 bits per heavy atom. The van der Waals surface area contributed by atoms with Crippen LogP contribution in [-0.2, 0) is 0 Å². The van der Waals surface area contributed by atoms with Crippen LogP contribution in [0.25, 0.3) is 0 Å². The van der Waals surface area contributed by atoms with E-state index in [1.165, 1.54) is 0 Å². The normalized spacial score (nSPS) is 12.0. The van der Waals surface area contributed by atoms with Crippen molar-refractivity contribution >= 4 is 23.2 Å². The number of halogens is 2. The van der Waals surface area contributed by atoms with E-state index in [1.807, 2.05) is 6.92 Å². The van der Waals surface area contributed by atoms with Gasteiger partial charge in [0.25, 0.3) is 0 Å². The molecule has 0 aliphatic rings. The zero-order valence-corrected chi connectivity index (χ0v) is 6.34. The lowest BCUT2D eigenvalue weighted by Crippen LogP contribution is -2.12. The number of aliphatic hydroxyl groups excluding tert-OH is 1. The van der Waals surface area contributed by atoms with Gasteiger partial charge in [0, 0.05) is 13.0 Å². The predicted molar refractivity (Wildman–Crippen MR) is 36.4 cm³/mol. The molecule has 0 aromatic carbocycles. The van der Waals surface area contributed by atoms with Gasteiger partial charge in [0.2, 0.25) is 0 Å². The summed E-state index contributed by atoms with van der Waals surface area (Å²) in [5.74, 6) is 0. The SMILES string of the molecule is CCC(Cl)(Cl)CCO. The molecule has 0 unspecified atom stereocenters. The van der Waals surface area contributed by atoms with Gasteiger partial charge in [-0.3, -0.25) is 0 Å². The van der Waals surface area contributed by atoms with Gasteiger partial charge >= 0.3 is 0 Å². The second-order valence-corrected chi connectivity index (χ2v) is 3.32. The first-order chi connectivity index (χ1) is 3.62. The molecule has 0 amide bonds. The van der Waals surface area contributed by atoms with Crippen LogP contribution >= 0.6 is 23.2 Å². The molecule has 0 aliphatic carbocycles. The van der Waals surface area contributed by atoms with Gasteiger partial charge in [-0.15, -0.1) is 23.2 Å². The summed E-state index contributed by atoms with van der Waals surface area (Å²) < 4.78 is -0.714. The summed E-state index contributed by atoms with van der Waals surface area (Å²) in [5.41, 5.74) is 0. The molecule has 1 nitrogen and oxygen atoms in total. The van der Waals surface area contributed by atoms with Gasteiger partial charge in [-0.1, -0.05) is 6.92 Å². The zero-order chi connectivity index (χ0) is 6.62. The van der Waals surface area contributed by atoms with Gasteiger partial charge in [-0.05, 0) is 6.42 Å².